The first-order valence-corrected chi connectivity index (χ1v) is 6.67. The van der Waals surface area contributed by atoms with Crippen molar-refractivity contribution in [1.82, 2.24) is 4.98 Å². The second kappa shape index (κ2) is 7.43. The summed E-state index contributed by atoms with van der Waals surface area (Å²) in [6, 6.07) is 4.27. The normalized spacial score (nSPS) is 12.7. The molecule has 1 rings (SSSR count). The smallest absolute Gasteiger partial charge is 0.0407 e. The van der Waals surface area contributed by atoms with Crippen molar-refractivity contribution < 1.29 is 0 Å². The first-order chi connectivity index (χ1) is 7.75. The fourth-order valence-corrected chi connectivity index (χ4v) is 2.23. The Hall–Kier alpha value is -0.850. The molecule has 1 atom stereocenters. The average Bonchev–Trinajstić information content (AvgIpc) is 2.29. The summed E-state index contributed by atoms with van der Waals surface area (Å²) in [4.78, 5) is 4.36. The molecule has 1 heterocycles. The molecular weight excluding hydrogens is 194 g/mol. The van der Waals surface area contributed by atoms with Crippen LogP contribution in [0.15, 0.2) is 18.3 Å². The molecule has 0 saturated carbocycles. The standard InChI is InChI=1S/C15H25N/c1-4-5-6-7-8-10-13(2)15-11-9-12-16-14(15)3/h9,11-13H,4-8,10H2,1-3H3. The molecule has 1 aromatic rings. The summed E-state index contributed by atoms with van der Waals surface area (Å²) in [5, 5.41) is 0. The lowest BCUT2D eigenvalue weighted by Gasteiger charge is -2.13. The summed E-state index contributed by atoms with van der Waals surface area (Å²) < 4.78 is 0. The van der Waals surface area contributed by atoms with Crippen molar-refractivity contribution in [3.8, 4) is 0 Å². The van der Waals surface area contributed by atoms with Gasteiger partial charge in [-0.1, -0.05) is 52.0 Å². The predicted molar refractivity (Wildman–Crippen MR) is 70.8 cm³/mol. The predicted octanol–water partition coefficient (Wildman–Crippen LogP) is 4.85. The third kappa shape index (κ3) is 4.34. The maximum Gasteiger partial charge on any atom is 0.0407 e. The van der Waals surface area contributed by atoms with Crippen LogP contribution in [0, 0.1) is 6.92 Å². The molecule has 0 radical (unpaired) electrons. The molecule has 1 aromatic heterocycles. The highest BCUT2D eigenvalue weighted by Crippen LogP contribution is 2.23. The van der Waals surface area contributed by atoms with Gasteiger partial charge in [0, 0.05) is 11.9 Å². The van der Waals surface area contributed by atoms with E-state index < -0.39 is 0 Å². The number of hydrogen-bond acceptors (Lipinski definition) is 1. The second-order valence-electron chi connectivity index (χ2n) is 4.78. The maximum atomic E-state index is 4.36. The van der Waals surface area contributed by atoms with E-state index in [1.807, 2.05) is 6.20 Å². The topological polar surface area (TPSA) is 12.9 Å². The van der Waals surface area contributed by atoms with Crippen molar-refractivity contribution in [2.75, 3.05) is 0 Å². The van der Waals surface area contributed by atoms with Crippen LogP contribution in [0.5, 0.6) is 0 Å². The number of rotatable bonds is 7. The van der Waals surface area contributed by atoms with Gasteiger partial charge in [0.05, 0.1) is 0 Å². The van der Waals surface area contributed by atoms with E-state index in [-0.39, 0.29) is 0 Å². The first kappa shape index (κ1) is 13.2. The van der Waals surface area contributed by atoms with E-state index in [1.54, 1.807) is 0 Å². The zero-order valence-electron chi connectivity index (χ0n) is 11.0. The molecule has 0 aromatic carbocycles. The average molecular weight is 219 g/mol. The number of aryl methyl sites for hydroxylation is 1. The second-order valence-corrected chi connectivity index (χ2v) is 4.78. The molecule has 16 heavy (non-hydrogen) atoms. The van der Waals surface area contributed by atoms with Crippen LogP contribution < -0.4 is 0 Å². The molecule has 1 heteroatoms. The molecule has 0 N–H and O–H groups in total. The van der Waals surface area contributed by atoms with Crippen LogP contribution in [0.25, 0.3) is 0 Å². The third-order valence-electron chi connectivity index (χ3n) is 3.32. The molecule has 0 amide bonds. The van der Waals surface area contributed by atoms with E-state index in [9.17, 15) is 0 Å². The zero-order chi connectivity index (χ0) is 11.8. The number of unbranched alkanes of at least 4 members (excludes halogenated alkanes) is 4. The minimum absolute atomic E-state index is 0.662. The van der Waals surface area contributed by atoms with Crippen molar-refractivity contribution in [2.45, 2.75) is 65.2 Å². The summed E-state index contributed by atoms with van der Waals surface area (Å²) in [6.45, 7) is 6.70. The summed E-state index contributed by atoms with van der Waals surface area (Å²) in [5.41, 5.74) is 2.63. The van der Waals surface area contributed by atoms with E-state index in [2.05, 4.69) is 37.9 Å². The number of aromatic nitrogens is 1. The van der Waals surface area contributed by atoms with Gasteiger partial charge in [-0.3, -0.25) is 4.98 Å². The molecular formula is C15H25N. The maximum absolute atomic E-state index is 4.36. The Bertz CT molecular complexity index is 293. The Labute approximate surface area is 100 Å². The Morgan fingerprint density at radius 3 is 2.62 bits per heavy atom. The fourth-order valence-electron chi connectivity index (χ4n) is 2.23. The molecule has 90 valence electrons. The Morgan fingerprint density at radius 1 is 1.19 bits per heavy atom. The van der Waals surface area contributed by atoms with Gasteiger partial charge >= 0.3 is 0 Å². The molecule has 1 nitrogen and oxygen atoms in total. The lowest BCUT2D eigenvalue weighted by atomic mass is 9.94. The minimum atomic E-state index is 0.662. The Morgan fingerprint density at radius 2 is 1.94 bits per heavy atom. The van der Waals surface area contributed by atoms with Gasteiger partial charge in [0.2, 0.25) is 0 Å². The number of nitrogens with zero attached hydrogens (tertiary/aromatic N) is 1. The van der Waals surface area contributed by atoms with Crippen LogP contribution in [0.1, 0.15) is 69.5 Å². The van der Waals surface area contributed by atoms with Crippen LogP contribution in [0.3, 0.4) is 0 Å². The minimum Gasteiger partial charge on any atom is -0.261 e. The zero-order valence-corrected chi connectivity index (χ0v) is 11.0. The monoisotopic (exact) mass is 219 g/mol. The summed E-state index contributed by atoms with van der Waals surface area (Å²) in [5.74, 6) is 0.662. The summed E-state index contributed by atoms with van der Waals surface area (Å²) >= 11 is 0. The number of hydrogen-bond donors (Lipinski definition) is 0. The van der Waals surface area contributed by atoms with E-state index in [1.165, 1.54) is 49.8 Å². The van der Waals surface area contributed by atoms with Gasteiger partial charge < -0.3 is 0 Å². The quantitative estimate of drug-likeness (QED) is 0.597. The molecule has 0 bridgehead atoms. The van der Waals surface area contributed by atoms with Crippen LogP contribution in [0.2, 0.25) is 0 Å². The highest BCUT2D eigenvalue weighted by molar-refractivity contribution is 5.22. The summed E-state index contributed by atoms with van der Waals surface area (Å²) in [7, 11) is 0. The van der Waals surface area contributed by atoms with E-state index in [4.69, 9.17) is 0 Å². The molecule has 0 fully saturated rings. The summed E-state index contributed by atoms with van der Waals surface area (Å²) in [6.07, 6.45) is 10.0. The molecule has 0 aliphatic carbocycles. The van der Waals surface area contributed by atoms with E-state index >= 15 is 0 Å². The molecule has 0 spiro atoms. The van der Waals surface area contributed by atoms with E-state index in [0.29, 0.717) is 5.92 Å². The molecule has 0 aliphatic rings. The molecule has 1 unspecified atom stereocenters. The van der Waals surface area contributed by atoms with Gasteiger partial charge in [0.15, 0.2) is 0 Å². The van der Waals surface area contributed by atoms with Crippen molar-refractivity contribution in [3.63, 3.8) is 0 Å². The molecule has 0 saturated heterocycles. The lowest BCUT2D eigenvalue weighted by molar-refractivity contribution is 0.564. The van der Waals surface area contributed by atoms with Gasteiger partial charge in [0.25, 0.3) is 0 Å². The van der Waals surface area contributed by atoms with Crippen molar-refractivity contribution in [2.24, 2.45) is 0 Å². The van der Waals surface area contributed by atoms with Crippen molar-refractivity contribution in [1.29, 1.82) is 0 Å². The van der Waals surface area contributed by atoms with E-state index in [0.717, 1.165) is 0 Å². The lowest BCUT2D eigenvalue weighted by Crippen LogP contribution is -1.98. The fraction of sp³-hybridized carbons (Fsp3) is 0.667. The van der Waals surface area contributed by atoms with Crippen LogP contribution in [-0.4, -0.2) is 4.98 Å². The third-order valence-corrected chi connectivity index (χ3v) is 3.32. The van der Waals surface area contributed by atoms with Gasteiger partial charge in [0.1, 0.15) is 0 Å². The highest BCUT2D eigenvalue weighted by Gasteiger charge is 2.07. The molecule has 0 aliphatic heterocycles. The highest BCUT2D eigenvalue weighted by atomic mass is 14.7. The SMILES string of the molecule is CCCCCCCC(C)c1cccnc1C. The first-order valence-electron chi connectivity index (χ1n) is 6.67. The van der Waals surface area contributed by atoms with Gasteiger partial charge in [-0.05, 0) is 30.9 Å². The Kier molecular flexibility index (Phi) is 6.14. The largest absolute Gasteiger partial charge is 0.261 e. The van der Waals surface area contributed by atoms with Crippen LogP contribution in [0.4, 0.5) is 0 Å². The van der Waals surface area contributed by atoms with Gasteiger partial charge in [-0.25, -0.2) is 0 Å². The van der Waals surface area contributed by atoms with Crippen LogP contribution in [-0.2, 0) is 0 Å². The van der Waals surface area contributed by atoms with Crippen LogP contribution >= 0.6 is 0 Å². The van der Waals surface area contributed by atoms with Crippen molar-refractivity contribution >= 4 is 0 Å². The number of pyridine rings is 1. The van der Waals surface area contributed by atoms with Gasteiger partial charge in [-0.2, -0.15) is 0 Å². The Balaban J connectivity index is 2.30. The van der Waals surface area contributed by atoms with Crippen molar-refractivity contribution in [3.05, 3.63) is 29.6 Å². The van der Waals surface area contributed by atoms with Gasteiger partial charge in [-0.15, -0.1) is 0 Å².